The number of hydrogen-bond donors (Lipinski definition) is 0. The summed E-state index contributed by atoms with van der Waals surface area (Å²) in [7, 11) is 0. The van der Waals surface area contributed by atoms with Gasteiger partial charge in [-0.2, -0.15) is 5.26 Å². The summed E-state index contributed by atoms with van der Waals surface area (Å²) in [6.07, 6.45) is 0. The Labute approximate surface area is 131 Å². The highest BCUT2D eigenvalue weighted by atomic mass is 35.5. The van der Waals surface area contributed by atoms with Crippen LogP contribution in [0.15, 0.2) is 42.5 Å². The number of aryl methyl sites for hydroxylation is 1. The molecule has 0 aliphatic heterocycles. The first-order valence-corrected chi connectivity index (χ1v) is 7.47. The van der Waals surface area contributed by atoms with E-state index in [2.05, 4.69) is 36.9 Å². The van der Waals surface area contributed by atoms with E-state index in [4.69, 9.17) is 16.9 Å². The quantitative estimate of drug-likeness (QED) is 0.784. The van der Waals surface area contributed by atoms with Crippen LogP contribution >= 0.6 is 11.6 Å². The molecule has 0 aromatic heterocycles. The van der Waals surface area contributed by atoms with Crippen LogP contribution in [0.25, 0.3) is 0 Å². The van der Waals surface area contributed by atoms with Crippen molar-refractivity contribution in [2.45, 2.75) is 26.8 Å². The lowest BCUT2D eigenvalue weighted by atomic mass is 10.0. The minimum absolute atomic E-state index is 0.198. The van der Waals surface area contributed by atoms with Crippen LogP contribution in [0.3, 0.4) is 0 Å². The average Bonchev–Trinajstić information content (AvgIpc) is 2.51. The molecular weight excluding hydrogens is 280 g/mol. The van der Waals surface area contributed by atoms with Gasteiger partial charge in [0.15, 0.2) is 0 Å². The molecule has 0 saturated heterocycles. The first-order valence-electron chi connectivity index (χ1n) is 7.09. The third-order valence-corrected chi connectivity index (χ3v) is 4.20. The van der Waals surface area contributed by atoms with Gasteiger partial charge >= 0.3 is 0 Å². The first-order chi connectivity index (χ1) is 10.1. The van der Waals surface area contributed by atoms with E-state index in [0.717, 1.165) is 28.4 Å². The molecule has 0 fully saturated rings. The Morgan fingerprint density at radius 1 is 1.24 bits per heavy atom. The monoisotopic (exact) mass is 298 g/mol. The summed E-state index contributed by atoms with van der Waals surface area (Å²) in [4.78, 5) is 2.31. The van der Waals surface area contributed by atoms with E-state index >= 15 is 0 Å². The molecule has 0 bridgehead atoms. The van der Waals surface area contributed by atoms with Crippen LogP contribution < -0.4 is 4.90 Å². The van der Waals surface area contributed by atoms with Crippen LogP contribution in [0.1, 0.15) is 36.6 Å². The van der Waals surface area contributed by atoms with E-state index in [1.54, 1.807) is 0 Å². The van der Waals surface area contributed by atoms with Gasteiger partial charge in [0.25, 0.3) is 0 Å². The fraction of sp³-hybridized carbons (Fsp3) is 0.278. The fourth-order valence-electron chi connectivity index (χ4n) is 2.54. The van der Waals surface area contributed by atoms with Gasteiger partial charge in [-0.05, 0) is 62.2 Å². The molecule has 2 aromatic rings. The Bertz CT molecular complexity index is 673. The van der Waals surface area contributed by atoms with Gasteiger partial charge in [0.2, 0.25) is 0 Å². The lowest BCUT2D eigenvalue weighted by molar-refractivity contribution is 0.690. The van der Waals surface area contributed by atoms with Crippen molar-refractivity contribution in [2.75, 3.05) is 11.4 Å². The van der Waals surface area contributed by atoms with Gasteiger partial charge in [-0.1, -0.05) is 23.7 Å². The normalized spacial score (nSPS) is 11.8. The third kappa shape index (κ3) is 3.37. The van der Waals surface area contributed by atoms with Crippen LogP contribution in [0.4, 0.5) is 5.69 Å². The van der Waals surface area contributed by atoms with Crippen molar-refractivity contribution >= 4 is 17.3 Å². The van der Waals surface area contributed by atoms with Crippen molar-refractivity contribution < 1.29 is 0 Å². The van der Waals surface area contributed by atoms with E-state index in [-0.39, 0.29) is 6.04 Å². The molecule has 2 rings (SSSR count). The van der Waals surface area contributed by atoms with Gasteiger partial charge in [0.1, 0.15) is 0 Å². The molecule has 0 amide bonds. The zero-order chi connectivity index (χ0) is 15.4. The van der Waals surface area contributed by atoms with Gasteiger partial charge < -0.3 is 4.90 Å². The number of halogens is 1. The number of hydrogen-bond acceptors (Lipinski definition) is 2. The maximum Gasteiger partial charge on any atom is 0.0991 e. The standard InChI is InChI=1S/C18H19ClN2/c1-4-21(17-8-9-18(19)13(2)10-17)14(3)16-7-5-6-15(11-16)12-20/h5-11,14H,4H2,1-3H3/t14-/m0/s1. The molecule has 0 N–H and O–H groups in total. The molecule has 0 saturated carbocycles. The molecular formula is C18H19ClN2. The topological polar surface area (TPSA) is 27.0 Å². The summed E-state index contributed by atoms with van der Waals surface area (Å²) >= 11 is 6.11. The molecule has 3 heteroatoms. The van der Waals surface area contributed by atoms with Gasteiger partial charge in [-0.3, -0.25) is 0 Å². The Hall–Kier alpha value is -1.98. The van der Waals surface area contributed by atoms with Crippen LogP contribution in [0.2, 0.25) is 5.02 Å². The maximum atomic E-state index is 9.05. The summed E-state index contributed by atoms with van der Waals surface area (Å²) < 4.78 is 0. The Morgan fingerprint density at radius 3 is 2.62 bits per heavy atom. The summed E-state index contributed by atoms with van der Waals surface area (Å²) in [5, 5.41) is 9.83. The zero-order valence-corrected chi connectivity index (χ0v) is 13.4. The Morgan fingerprint density at radius 2 is 2.00 bits per heavy atom. The van der Waals surface area contributed by atoms with Gasteiger partial charge in [0, 0.05) is 17.3 Å². The largest absolute Gasteiger partial charge is 0.365 e. The predicted octanol–water partition coefficient (Wildman–Crippen LogP) is 5.11. The maximum absolute atomic E-state index is 9.05. The SMILES string of the molecule is CCN(c1ccc(Cl)c(C)c1)[C@@H](C)c1cccc(C#N)c1. The van der Waals surface area contributed by atoms with Crippen molar-refractivity contribution in [1.29, 1.82) is 5.26 Å². The molecule has 21 heavy (non-hydrogen) atoms. The molecule has 0 unspecified atom stereocenters. The molecule has 0 spiro atoms. The van der Waals surface area contributed by atoms with E-state index in [0.29, 0.717) is 5.56 Å². The molecule has 2 nitrogen and oxygen atoms in total. The molecule has 108 valence electrons. The highest BCUT2D eigenvalue weighted by molar-refractivity contribution is 6.31. The third-order valence-electron chi connectivity index (χ3n) is 3.78. The van der Waals surface area contributed by atoms with E-state index in [1.807, 2.05) is 37.3 Å². The lowest BCUT2D eigenvalue weighted by Crippen LogP contribution is -2.26. The number of anilines is 1. The van der Waals surface area contributed by atoms with Crippen LogP contribution in [0, 0.1) is 18.3 Å². The first kappa shape index (κ1) is 15.4. The second-order valence-corrected chi connectivity index (χ2v) is 5.54. The number of rotatable bonds is 4. The van der Waals surface area contributed by atoms with Crippen LogP contribution in [0.5, 0.6) is 0 Å². The fourth-order valence-corrected chi connectivity index (χ4v) is 2.65. The van der Waals surface area contributed by atoms with Gasteiger partial charge in [0.05, 0.1) is 17.7 Å². The number of nitriles is 1. The van der Waals surface area contributed by atoms with Crippen molar-refractivity contribution in [2.24, 2.45) is 0 Å². The van der Waals surface area contributed by atoms with Crippen molar-refractivity contribution in [1.82, 2.24) is 0 Å². The number of benzene rings is 2. The van der Waals surface area contributed by atoms with Crippen LogP contribution in [-0.2, 0) is 0 Å². The predicted molar refractivity (Wildman–Crippen MR) is 88.8 cm³/mol. The summed E-state index contributed by atoms with van der Waals surface area (Å²) in [6, 6.07) is 16.3. The van der Waals surface area contributed by atoms with Gasteiger partial charge in [-0.25, -0.2) is 0 Å². The van der Waals surface area contributed by atoms with Crippen molar-refractivity contribution in [3.8, 4) is 6.07 Å². The van der Waals surface area contributed by atoms with E-state index in [9.17, 15) is 0 Å². The highest BCUT2D eigenvalue weighted by Gasteiger charge is 2.15. The molecule has 1 atom stereocenters. The molecule has 0 aliphatic carbocycles. The van der Waals surface area contributed by atoms with E-state index < -0.39 is 0 Å². The van der Waals surface area contributed by atoms with E-state index in [1.165, 1.54) is 0 Å². The average molecular weight is 299 g/mol. The molecule has 0 radical (unpaired) electrons. The number of nitrogens with zero attached hydrogens (tertiary/aromatic N) is 2. The second kappa shape index (κ2) is 6.65. The lowest BCUT2D eigenvalue weighted by Gasteiger charge is -2.31. The minimum atomic E-state index is 0.198. The molecule has 0 aliphatic rings. The van der Waals surface area contributed by atoms with Crippen molar-refractivity contribution in [3.05, 3.63) is 64.2 Å². The second-order valence-electron chi connectivity index (χ2n) is 5.13. The highest BCUT2D eigenvalue weighted by Crippen LogP contribution is 2.29. The summed E-state index contributed by atoms with van der Waals surface area (Å²) in [5.41, 5.74) is 4.06. The molecule has 2 aromatic carbocycles. The van der Waals surface area contributed by atoms with Crippen LogP contribution in [-0.4, -0.2) is 6.54 Å². The summed E-state index contributed by atoms with van der Waals surface area (Å²) in [5.74, 6) is 0. The zero-order valence-electron chi connectivity index (χ0n) is 12.6. The summed E-state index contributed by atoms with van der Waals surface area (Å²) in [6.45, 7) is 7.19. The Kier molecular flexibility index (Phi) is 4.88. The smallest absolute Gasteiger partial charge is 0.0991 e. The van der Waals surface area contributed by atoms with Gasteiger partial charge in [-0.15, -0.1) is 0 Å². The molecule has 0 heterocycles. The Balaban J connectivity index is 2.35. The minimum Gasteiger partial charge on any atom is -0.365 e. The van der Waals surface area contributed by atoms with Crippen molar-refractivity contribution in [3.63, 3.8) is 0 Å².